The maximum atomic E-state index is 13.6. The SMILES string of the molecule is Cc1c(F)cc([N+](=O)[O-])cc1CN1CCOCC1. The van der Waals surface area contributed by atoms with Crippen LogP contribution in [0.5, 0.6) is 0 Å². The van der Waals surface area contributed by atoms with Crippen LogP contribution >= 0.6 is 0 Å². The molecule has 1 aliphatic rings. The zero-order valence-corrected chi connectivity index (χ0v) is 10.2. The minimum absolute atomic E-state index is 0.193. The van der Waals surface area contributed by atoms with Crippen LogP contribution in [0.25, 0.3) is 0 Å². The number of morpholine rings is 1. The summed E-state index contributed by atoms with van der Waals surface area (Å²) >= 11 is 0. The van der Waals surface area contributed by atoms with Gasteiger partial charge >= 0.3 is 0 Å². The first-order chi connectivity index (χ1) is 8.58. The molecule has 98 valence electrons. The van der Waals surface area contributed by atoms with Gasteiger partial charge in [-0.05, 0) is 18.1 Å². The van der Waals surface area contributed by atoms with Crippen LogP contribution in [0.3, 0.4) is 0 Å². The quantitative estimate of drug-likeness (QED) is 0.610. The molecule has 0 bridgehead atoms. The lowest BCUT2D eigenvalue weighted by atomic mass is 10.1. The summed E-state index contributed by atoms with van der Waals surface area (Å²) in [6, 6.07) is 2.42. The molecule has 5 nitrogen and oxygen atoms in total. The predicted octanol–water partition coefficient (Wildman–Crippen LogP) is 1.87. The molecule has 1 fully saturated rings. The van der Waals surface area contributed by atoms with Gasteiger partial charge in [0.15, 0.2) is 0 Å². The Balaban J connectivity index is 2.22. The number of ether oxygens (including phenoxy) is 1. The number of non-ortho nitro benzene ring substituents is 1. The lowest BCUT2D eigenvalue weighted by Crippen LogP contribution is -2.35. The van der Waals surface area contributed by atoms with Crippen molar-refractivity contribution >= 4 is 5.69 Å². The third-order valence-corrected chi connectivity index (χ3v) is 3.15. The average molecular weight is 254 g/mol. The second-order valence-corrected chi connectivity index (χ2v) is 4.36. The number of nitro groups is 1. The standard InChI is InChI=1S/C12H15FN2O3/c1-9-10(8-14-2-4-18-5-3-14)6-11(15(16)17)7-12(9)13/h6-7H,2-5,8H2,1H3. The minimum atomic E-state index is -0.564. The van der Waals surface area contributed by atoms with Gasteiger partial charge in [-0.3, -0.25) is 15.0 Å². The van der Waals surface area contributed by atoms with Crippen molar-refractivity contribution in [3.63, 3.8) is 0 Å². The molecule has 18 heavy (non-hydrogen) atoms. The van der Waals surface area contributed by atoms with Gasteiger partial charge in [0.2, 0.25) is 0 Å². The summed E-state index contributed by atoms with van der Waals surface area (Å²) in [5, 5.41) is 10.7. The Bertz CT molecular complexity index is 459. The molecular weight excluding hydrogens is 239 g/mol. The third-order valence-electron chi connectivity index (χ3n) is 3.15. The van der Waals surface area contributed by atoms with Crippen LogP contribution in [0.2, 0.25) is 0 Å². The topological polar surface area (TPSA) is 55.6 Å². The van der Waals surface area contributed by atoms with Gasteiger partial charge in [0.1, 0.15) is 5.82 Å². The maximum Gasteiger partial charge on any atom is 0.272 e. The maximum absolute atomic E-state index is 13.6. The molecule has 0 atom stereocenters. The van der Waals surface area contributed by atoms with Gasteiger partial charge in [0, 0.05) is 25.7 Å². The molecule has 0 unspecified atom stereocenters. The molecule has 1 heterocycles. The smallest absolute Gasteiger partial charge is 0.272 e. The van der Waals surface area contributed by atoms with E-state index in [1.165, 1.54) is 6.07 Å². The molecule has 1 aromatic carbocycles. The average Bonchev–Trinajstić information content (AvgIpc) is 2.35. The second kappa shape index (κ2) is 5.41. The van der Waals surface area contributed by atoms with Crippen LogP contribution in [0.4, 0.5) is 10.1 Å². The highest BCUT2D eigenvalue weighted by Gasteiger charge is 2.17. The van der Waals surface area contributed by atoms with Crippen molar-refractivity contribution < 1.29 is 14.1 Å². The van der Waals surface area contributed by atoms with Gasteiger partial charge in [-0.15, -0.1) is 0 Å². The van der Waals surface area contributed by atoms with E-state index in [0.717, 1.165) is 19.2 Å². The molecule has 1 aromatic rings. The Morgan fingerprint density at radius 2 is 2.11 bits per heavy atom. The fourth-order valence-electron chi connectivity index (χ4n) is 1.99. The van der Waals surface area contributed by atoms with E-state index in [1.54, 1.807) is 6.92 Å². The van der Waals surface area contributed by atoms with Gasteiger partial charge < -0.3 is 4.74 Å². The van der Waals surface area contributed by atoms with Crippen molar-refractivity contribution in [3.05, 3.63) is 39.2 Å². The highest BCUT2D eigenvalue weighted by Crippen LogP contribution is 2.22. The van der Waals surface area contributed by atoms with Crippen LogP contribution in [-0.2, 0) is 11.3 Å². The summed E-state index contributed by atoms with van der Waals surface area (Å²) in [6.45, 7) is 5.00. The summed E-state index contributed by atoms with van der Waals surface area (Å²) < 4.78 is 18.8. The predicted molar refractivity (Wildman–Crippen MR) is 63.9 cm³/mol. The van der Waals surface area contributed by atoms with Gasteiger partial charge in [-0.25, -0.2) is 4.39 Å². The molecular formula is C12H15FN2O3. The summed E-state index contributed by atoms with van der Waals surface area (Å²) in [5.41, 5.74) is 0.956. The number of nitrogens with zero attached hydrogens (tertiary/aromatic N) is 2. The molecule has 1 aliphatic heterocycles. The van der Waals surface area contributed by atoms with Gasteiger partial charge in [0.25, 0.3) is 5.69 Å². The van der Waals surface area contributed by atoms with Crippen molar-refractivity contribution in [1.29, 1.82) is 0 Å². The first-order valence-electron chi connectivity index (χ1n) is 5.81. The zero-order valence-electron chi connectivity index (χ0n) is 10.2. The lowest BCUT2D eigenvalue weighted by molar-refractivity contribution is -0.385. The van der Waals surface area contributed by atoms with E-state index in [1.807, 2.05) is 0 Å². The molecule has 6 heteroatoms. The Labute approximate surface area is 104 Å². The molecule has 0 N–H and O–H groups in total. The van der Waals surface area contributed by atoms with Crippen LogP contribution in [-0.4, -0.2) is 36.1 Å². The van der Waals surface area contributed by atoms with Gasteiger partial charge in [-0.2, -0.15) is 0 Å². The first kappa shape index (κ1) is 12.9. The van der Waals surface area contributed by atoms with Crippen molar-refractivity contribution in [2.45, 2.75) is 13.5 Å². The van der Waals surface area contributed by atoms with E-state index in [9.17, 15) is 14.5 Å². The fraction of sp³-hybridized carbons (Fsp3) is 0.500. The number of halogens is 1. The third kappa shape index (κ3) is 2.83. The van der Waals surface area contributed by atoms with E-state index in [-0.39, 0.29) is 5.69 Å². The fourth-order valence-corrected chi connectivity index (χ4v) is 1.99. The molecule has 0 aromatic heterocycles. The Hall–Kier alpha value is -1.53. The Morgan fingerprint density at radius 1 is 1.44 bits per heavy atom. The van der Waals surface area contributed by atoms with E-state index in [0.29, 0.717) is 30.9 Å². The van der Waals surface area contributed by atoms with E-state index < -0.39 is 10.7 Å². The highest BCUT2D eigenvalue weighted by atomic mass is 19.1. The monoisotopic (exact) mass is 254 g/mol. The Morgan fingerprint density at radius 3 is 2.72 bits per heavy atom. The normalized spacial score (nSPS) is 16.8. The minimum Gasteiger partial charge on any atom is -0.379 e. The zero-order chi connectivity index (χ0) is 13.1. The largest absolute Gasteiger partial charge is 0.379 e. The summed E-state index contributed by atoms with van der Waals surface area (Å²) in [7, 11) is 0. The number of hydrogen-bond donors (Lipinski definition) is 0. The van der Waals surface area contributed by atoms with Gasteiger partial charge in [0.05, 0.1) is 24.2 Å². The second-order valence-electron chi connectivity index (χ2n) is 4.36. The van der Waals surface area contributed by atoms with Crippen LogP contribution < -0.4 is 0 Å². The molecule has 1 saturated heterocycles. The van der Waals surface area contributed by atoms with Crippen molar-refractivity contribution in [2.24, 2.45) is 0 Å². The van der Waals surface area contributed by atoms with Crippen LogP contribution in [0.15, 0.2) is 12.1 Å². The molecule has 0 amide bonds. The number of nitro benzene ring substituents is 1. The lowest BCUT2D eigenvalue weighted by Gasteiger charge is -2.27. The van der Waals surface area contributed by atoms with Crippen molar-refractivity contribution in [2.75, 3.05) is 26.3 Å². The first-order valence-corrected chi connectivity index (χ1v) is 5.81. The number of benzene rings is 1. The summed E-state index contributed by atoms with van der Waals surface area (Å²) in [4.78, 5) is 12.3. The van der Waals surface area contributed by atoms with E-state index in [4.69, 9.17) is 4.74 Å². The van der Waals surface area contributed by atoms with Crippen LogP contribution in [0, 0.1) is 22.9 Å². The van der Waals surface area contributed by atoms with Gasteiger partial charge in [-0.1, -0.05) is 0 Å². The molecule has 0 spiro atoms. The summed E-state index contributed by atoms with van der Waals surface area (Å²) in [5.74, 6) is -0.521. The summed E-state index contributed by atoms with van der Waals surface area (Å²) in [6.07, 6.45) is 0. The van der Waals surface area contributed by atoms with Crippen LogP contribution in [0.1, 0.15) is 11.1 Å². The molecule has 0 saturated carbocycles. The molecule has 2 rings (SSSR count). The van der Waals surface area contributed by atoms with E-state index >= 15 is 0 Å². The molecule has 0 aliphatic carbocycles. The van der Waals surface area contributed by atoms with E-state index in [2.05, 4.69) is 4.90 Å². The molecule has 0 radical (unpaired) electrons. The number of hydrogen-bond acceptors (Lipinski definition) is 4. The van der Waals surface area contributed by atoms with Crippen molar-refractivity contribution in [3.8, 4) is 0 Å². The Kier molecular flexibility index (Phi) is 3.88. The number of rotatable bonds is 3. The highest BCUT2D eigenvalue weighted by molar-refractivity contribution is 5.40. The van der Waals surface area contributed by atoms with Crippen molar-refractivity contribution in [1.82, 2.24) is 4.90 Å².